The Bertz CT molecular complexity index is 391. The number of ether oxygens (including phenoxy) is 1. The molecule has 2 heterocycles. The van der Waals surface area contributed by atoms with Gasteiger partial charge in [0.05, 0.1) is 24.4 Å². The molecule has 2 unspecified atom stereocenters. The molecule has 0 radical (unpaired) electrons. The molecule has 1 aliphatic heterocycles. The summed E-state index contributed by atoms with van der Waals surface area (Å²) in [5.41, 5.74) is 1.21. The van der Waals surface area contributed by atoms with Crippen LogP contribution in [0.3, 0.4) is 0 Å². The lowest BCUT2D eigenvalue weighted by molar-refractivity contribution is -0.0482. The van der Waals surface area contributed by atoms with Gasteiger partial charge in [-0.2, -0.15) is 5.10 Å². The van der Waals surface area contributed by atoms with Crippen molar-refractivity contribution in [1.82, 2.24) is 20.0 Å². The maximum absolute atomic E-state index is 6.05. The predicted molar refractivity (Wildman–Crippen MR) is 80.7 cm³/mol. The van der Waals surface area contributed by atoms with Crippen LogP contribution in [-0.4, -0.2) is 53.6 Å². The maximum Gasteiger partial charge on any atom is 0.0912 e. The second-order valence-electron chi connectivity index (χ2n) is 5.52. The summed E-state index contributed by atoms with van der Waals surface area (Å²) in [6.07, 6.45) is 4.39. The molecule has 5 heteroatoms. The van der Waals surface area contributed by atoms with Gasteiger partial charge in [0.25, 0.3) is 0 Å². The van der Waals surface area contributed by atoms with E-state index in [1.54, 1.807) is 0 Å². The topological polar surface area (TPSA) is 42.3 Å². The summed E-state index contributed by atoms with van der Waals surface area (Å²) in [7, 11) is 2.00. The first kappa shape index (κ1) is 15.5. The average Bonchev–Trinajstić information content (AvgIpc) is 2.87. The largest absolute Gasteiger partial charge is 0.374 e. The van der Waals surface area contributed by atoms with Crippen LogP contribution >= 0.6 is 0 Å². The van der Waals surface area contributed by atoms with E-state index < -0.39 is 0 Å². The second kappa shape index (κ2) is 7.76. The van der Waals surface area contributed by atoms with Gasteiger partial charge in [-0.15, -0.1) is 0 Å². The molecule has 0 saturated carbocycles. The van der Waals surface area contributed by atoms with Crippen LogP contribution in [0.1, 0.15) is 38.4 Å². The Morgan fingerprint density at radius 2 is 2.30 bits per heavy atom. The SMILES string of the molecule is CCCNC(c1ccnn1C)C1CN(CCC)CCO1. The van der Waals surface area contributed by atoms with Gasteiger partial charge in [-0.25, -0.2) is 0 Å². The molecule has 1 aromatic heterocycles. The number of nitrogens with zero attached hydrogens (tertiary/aromatic N) is 3. The van der Waals surface area contributed by atoms with Crippen LogP contribution in [0.2, 0.25) is 0 Å². The van der Waals surface area contributed by atoms with Crippen molar-refractivity contribution in [3.8, 4) is 0 Å². The maximum atomic E-state index is 6.05. The fraction of sp³-hybridized carbons (Fsp3) is 0.800. The standard InChI is InChI=1S/C15H28N4O/c1-4-7-16-15(13-6-8-17-18(13)3)14-12-19(9-5-2)10-11-20-14/h6,8,14-16H,4-5,7,9-12H2,1-3H3. The van der Waals surface area contributed by atoms with Gasteiger partial charge in [0.15, 0.2) is 0 Å². The Labute approximate surface area is 122 Å². The van der Waals surface area contributed by atoms with Gasteiger partial charge in [-0.1, -0.05) is 13.8 Å². The Balaban J connectivity index is 2.07. The van der Waals surface area contributed by atoms with Crippen molar-refractivity contribution in [2.75, 3.05) is 32.8 Å². The van der Waals surface area contributed by atoms with Crippen LogP contribution in [0.15, 0.2) is 12.3 Å². The fourth-order valence-corrected chi connectivity index (χ4v) is 2.87. The average molecular weight is 280 g/mol. The summed E-state index contributed by atoms with van der Waals surface area (Å²) >= 11 is 0. The molecule has 5 nitrogen and oxygen atoms in total. The highest BCUT2D eigenvalue weighted by Crippen LogP contribution is 2.22. The first-order valence-corrected chi connectivity index (χ1v) is 7.81. The van der Waals surface area contributed by atoms with E-state index in [0.29, 0.717) is 0 Å². The zero-order valence-electron chi connectivity index (χ0n) is 13.0. The molecule has 0 spiro atoms. The minimum atomic E-state index is 0.206. The fourth-order valence-electron chi connectivity index (χ4n) is 2.87. The van der Waals surface area contributed by atoms with E-state index in [-0.39, 0.29) is 12.1 Å². The Morgan fingerprint density at radius 3 is 2.95 bits per heavy atom. The lowest BCUT2D eigenvalue weighted by Crippen LogP contribution is -2.48. The monoisotopic (exact) mass is 280 g/mol. The summed E-state index contributed by atoms with van der Waals surface area (Å²) < 4.78 is 8.00. The molecule has 0 bridgehead atoms. The molecule has 0 amide bonds. The number of aryl methyl sites for hydroxylation is 1. The molecule has 1 saturated heterocycles. The van der Waals surface area contributed by atoms with Gasteiger partial charge in [-0.3, -0.25) is 9.58 Å². The van der Waals surface area contributed by atoms with Crippen LogP contribution in [0.5, 0.6) is 0 Å². The molecule has 1 aliphatic rings. The van der Waals surface area contributed by atoms with Crippen LogP contribution < -0.4 is 5.32 Å². The van der Waals surface area contributed by atoms with Gasteiger partial charge in [0, 0.05) is 26.3 Å². The Morgan fingerprint density at radius 1 is 1.45 bits per heavy atom. The second-order valence-corrected chi connectivity index (χ2v) is 5.52. The van der Waals surface area contributed by atoms with Crippen LogP contribution in [0.4, 0.5) is 0 Å². The molecule has 1 fully saturated rings. The van der Waals surface area contributed by atoms with E-state index in [1.165, 1.54) is 12.1 Å². The van der Waals surface area contributed by atoms with Crippen LogP contribution in [0, 0.1) is 0 Å². The summed E-state index contributed by atoms with van der Waals surface area (Å²) in [5.74, 6) is 0. The zero-order valence-corrected chi connectivity index (χ0v) is 13.0. The third kappa shape index (κ3) is 3.81. The number of hydrogen-bond donors (Lipinski definition) is 1. The number of morpholine rings is 1. The van der Waals surface area contributed by atoms with Gasteiger partial charge in [-0.05, 0) is 32.0 Å². The molecule has 1 N–H and O–H groups in total. The van der Waals surface area contributed by atoms with E-state index in [4.69, 9.17) is 4.74 Å². The molecule has 20 heavy (non-hydrogen) atoms. The van der Waals surface area contributed by atoms with Crippen molar-refractivity contribution in [3.63, 3.8) is 0 Å². The number of hydrogen-bond acceptors (Lipinski definition) is 4. The molecule has 2 rings (SSSR count). The van der Waals surface area contributed by atoms with Crippen molar-refractivity contribution in [1.29, 1.82) is 0 Å². The number of aromatic nitrogens is 2. The highest BCUT2D eigenvalue weighted by Gasteiger charge is 2.30. The summed E-state index contributed by atoms with van der Waals surface area (Å²) in [4.78, 5) is 2.51. The lowest BCUT2D eigenvalue weighted by atomic mass is 10.0. The minimum Gasteiger partial charge on any atom is -0.374 e. The number of rotatable bonds is 7. The highest BCUT2D eigenvalue weighted by molar-refractivity contribution is 5.09. The molecule has 114 valence electrons. The van der Waals surface area contributed by atoms with E-state index >= 15 is 0 Å². The zero-order chi connectivity index (χ0) is 14.4. The van der Waals surface area contributed by atoms with E-state index in [2.05, 4.69) is 35.2 Å². The number of nitrogens with one attached hydrogen (secondary N) is 1. The van der Waals surface area contributed by atoms with Gasteiger partial charge in [0.1, 0.15) is 0 Å². The summed E-state index contributed by atoms with van der Waals surface area (Å²) in [5, 5.41) is 7.94. The van der Waals surface area contributed by atoms with Gasteiger partial charge in [0.2, 0.25) is 0 Å². The normalized spacial score (nSPS) is 22.1. The predicted octanol–water partition coefficient (Wildman–Crippen LogP) is 1.57. The lowest BCUT2D eigenvalue weighted by Gasteiger charge is -2.37. The third-order valence-corrected chi connectivity index (χ3v) is 3.88. The van der Waals surface area contributed by atoms with E-state index in [9.17, 15) is 0 Å². The third-order valence-electron chi connectivity index (χ3n) is 3.88. The molecule has 1 aromatic rings. The van der Waals surface area contributed by atoms with Crippen molar-refractivity contribution in [2.45, 2.75) is 38.8 Å². The first-order chi connectivity index (χ1) is 9.76. The summed E-state index contributed by atoms with van der Waals surface area (Å²) in [6.45, 7) is 9.47. The molecule has 2 atom stereocenters. The van der Waals surface area contributed by atoms with Crippen molar-refractivity contribution >= 4 is 0 Å². The molecule has 0 aliphatic carbocycles. The van der Waals surface area contributed by atoms with Crippen molar-refractivity contribution in [2.24, 2.45) is 7.05 Å². The quantitative estimate of drug-likeness (QED) is 0.823. The Kier molecular flexibility index (Phi) is 6.01. The van der Waals surface area contributed by atoms with Crippen molar-refractivity contribution < 1.29 is 4.74 Å². The van der Waals surface area contributed by atoms with Gasteiger partial charge >= 0.3 is 0 Å². The smallest absolute Gasteiger partial charge is 0.0912 e. The molecular formula is C15H28N4O. The highest BCUT2D eigenvalue weighted by atomic mass is 16.5. The minimum absolute atomic E-state index is 0.206. The van der Waals surface area contributed by atoms with Crippen LogP contribution in [0.25, 0.3) is 0 Å². The summed E-state index contributed by atoms with van der Waals surface area (Å²) in [6, 6.07) is 2.32. The van der Waals surface area contributed by atoms with Gasteiger partial charge < -0.3 is 10.1 Å². The van der Waals surface area contributed by atoms with E-state index in [1.807, 2.05) is 17.9 Å². The Hall–Kier alpha value is -0.910. The van der Waals surface area contributed by atoms with Crippen molar-refractivity contribution in [3.05, 3.63) is 18.0 Å². The molecule has 0 aromatic carbocycles. The first-order valence-electron chi connectivity index (χ1n) is 7.81. The molecular weight excluding hydrogens is 252 g/mol. The van der Waals surface area contributed by atoms with Crippen LogP contribution in [-0.2, 0) is 11.8 Å². The van der Waals surface area contributed by atoms with E-state index in [0.717, 1.165) is 39.2 Å².